The van der Waals surface area contributed by atoms with Gasteiger partial charge in [0.05, 0.1) is 11.0 Å². The summed E-state index contributed by atoms with van der Waals surface area (Å²) in [5.41, 5.74) is 11.2. The second-order valence-corrected chi connectivity index (χ2v) is 9.49. The number of para-hydroxylation sites is 3. The molecule has 2 heterocycles. The van der Waals surface area contributed by atoms with Crippen molar-refractivity contribution < 1.29 is 4.42 Å². The lowest BCUT2D eigenvalue weighted by molar-refractivity contribution is 0.620. The predicted molar refractivity (Wildman–Crippen MR) is 149 cm³/mol. The Morgan fingerprint density at radius 1 is 0.583 bits per heavy atom. The van der Waals surface area contributed by atoms with Crippen molar-refractivity contribution in [1.29, 1.82) is 0 Å². The lowest BCUT2D eigenvalue weighted by Gasteiger charge is -2.10. The van der Waals surface area contributed by atoms with E-state index >= 15 is 0 Å². The van der Waals surface area contributed by atoms with E-state index in [1.54, 1.807) is 0 Å². The Bertz CT molecular complexity index is 1850. The molecule has 0 N–H and O–H groups in total. The highest BCUT2D eigenvalue weighted by Gasteiger charge is 2.14. The van der Waals surface area contributed by atoms with E-state index in [2.05, 4.69) is 108 Å². The van der Waals surface area contributed by atoms with E-state index in [0.717, 1.165) is 16.7 Å². The highest BCUT2D eigenvalue weighted by Crippen LogP contribution is 2.36. The summed E-state index contributed by atoms with van der Waals surface area (Å²) in [7, 11) is 0. The molecule has 172 valence electrons. The molecular formula is C33H24N2O. The maximum atomic E-state index is 5.95. The van der Waals surface area contributed by atoms with Gasteiger partial charge in [-0.05, 0) is 90.7 Å². The average molecular weight is 465 g/mol. The molecular weight excluding hydrogens is 440 g/mol. The quantitative estimate of drug-likeness (QED) is 0.261. The van der Waals surface area contributed by atoms with Crippen molar-refractivity contribution in [1.82, 2.24) is 9.55 Å². The summed E-state index contributed by atoms with van der Waals surface area (Å²) in [6.07, 6.45) is 0. The molecule has 5 aromatic carbocycles. The number of nitrogens with zero attached hydrogens (tertiary/aromatic N) is 2. The van der Waals surface area contributed by atoms with Crippen molar-refractivity contribution in [3.05, 3.63) is 120 Å². The normalized spacial score (nSPS) is 11.6. The molecule has 0 aliphatic carbocycles. The van der Waals surface area contributed by atoms with Crippen LogP contribution in [0.1, 0.15) is 11.1 Å². The van der Waals surface area contributed by atoms with Crippen molar-refractivity contribution >= 4 is 32.9 Å². The Kier molecular flexibility index (Phi) is 4.58. The lowest BCUT2D eigenvalue weighted by atomic mass is 10.0. The summed E-state index contributed by atoms with van der Waals surface area (Å²) in [6.45, 7) is 4.32. The van der Waals surface area contributed by atoms with Crippen LogP contribution >= 0.6 is 0 Å². The van der Waals surface area contributed by atoms with Gasteiger partial charge in [-0.25, -0.2) is 4.98 Å². The Balaban J connectivity index is 1.34. The van der Waals surface area contributed by atoms with E-state index in [0.29, 0.717) is 5.89 Å². The topological polar surface area (TPSA) is 31.0 Å². The zero-order chi connectivity index (χ0) is 24.2. The summed E-state index contributed by atoms with van der Waals surface area (Å²) >= 11 is 0. The monoisotopic (exact) mass is 464 g/mol. The highest BCUT2D eigenvalue weighted by molar-refractivity contribution is 6.10. The second kappa shape index (κ2) is 7.96. The number of hydrogen-bond donors (Lipinski definition) is 0. The largest absolute Gasteiger partial charge is 0.436 e. The molecule has 0 saturated heterocycles. The van der Waals surface area contributed by atoms with Crippen molar-refractivity contribution in [2.75, 3.05) is 0 Å². The summed E-state index contributed by atoms with van der Waals surface area (Å²) in [5, 5.41) is 2.52. The van der Waals surface area contributed by atoms with E-state index in [4.69, 9.17) is 4.42 Å². The van der Waals surface area contributed by atoms with Gasteiger partial charge in [0.15, 0.2) is 5.58 Å². The molecule has 3 heteroatoms. The Hall–Kier alpha value is -4.63. The fraction of sp³-hybridized carbons (Fsp3) is 0.0606. The molecule has 0 aliphatic heterocycles. The first-order chi connectivity index (χ1) is 17.6. The molecule has 7 aromatic rings. The van der Waals surface area contributed by atoms with Gasteiger partial charge in [0.2, 0.25) is 5.89 Å². The van der Waals surface area contributed by atoms with Crippen LogP contribution in [0.2, 0.25) is 0 Å². The van der Waals surface area contributed by atoms with E-state index in [-0.39, 0.29) is 0 Å². The lowest BCUT2D eigenvalue weighted by Crippen LogP contribution is -1.95. The first-order valence-corrected chi connectivity index (χ1v) is 12.2. The van der Waals surface area contributed by atoms with Crippen LogP contribution in [0.3, 0.4) is 0 Å². The number of aromatic nitrogens is 2. The van der Waals surface area contributed by atoms with Crippen molar-refractivity contribution in [2.45, 2.75) is 13.8 Å². The van der Waals surface area contributed by atoms with Gasteiger partial charge in [-0.1, -0.05) is 54.6 Å². The van der Waals surface area contributed by atoms with Crippen LogP contribution in [0.5, 0.6) is 0 Å². The third-order valence-corrected chi connectivity index (χ3v) is 6.90. The van der Waals surface area contributed by atoms with Crippen LogP contribution in [0, 0.1) is 13.8 Å². The van der Waals surface area contributed by atoms with Gasteiger partial charge < -0.3 is 8.98 Å². The van der Waals surface area contributed by atoms with Crippen LogP contribution in [-0.2, 0) is 0 Å². The standard InChI is InChI=1S/C33H24N2O/c1-21-17-22(2)19-26(18-21)35-30-9-5-3-7-27(30)28-20-25(15-16-31(28)35)23-11-13-24(14-12-23)33-34-29-8-4-6-10-32(29)36-33/h3-20H,1-2H3. The van der Waals surface area contributed by atoms with Crippen LogP contribution in [0.15, 0.2) is 114 Å². The van der Waals surface area contributed by atoms with Crippen LogP contribution in [-0.4, -0.2) is 9.55 Å². The molecule has 0 unspecified atom stereocenters. The molecule has 0 aliphatic rings. The molecule has 2 aromatic heterocycles. The van der Waals surface area contributed by atoms with Crippen LogP contribution < -0.4 is 0 Å². The molecule has 0 spiro atoms. The smallest absolute Gasteiger partial charge is 0.227 e. The number of oxazole rings is 1. The number of hydrogen-bond acceptors (Lipinski definition) is 2. The molecule has 0 amide bonds. The van der Waals surface area contributed by atoms with Gasteiger partial charge in [-0.15, -0.1) is 0 Å². The summed E-state index contributed by atoms with van der Waals surface area (Å²) in [5.74, 6) is 0.648. The first-order valence-electron chi connectivity index (χ1n) is 12.2. The number of rotatable bonds is 3. The maximum absolute atomic E-state index is 5.95. The predicted octanol–water partition coefficient (Wildman–Crippen LogP) is 8.88. The minimum absolute atomic E-state index is 0.648. The third-order valence-electron chi connectivity index (χ3n) is 6.90. The van der Waals surface area contributed by atoms with Gasteiger partial charge in [0, 0.05) is 22.0 Å². The molecule has 0 atom stereocenters. The minimum Gasteiger partial charge on any atom is -0.436 e. The maximum Gasteiger partial charge on any atom is 0.227 e. The number of aryl methyl sites for hydroxylation is 2. The van der Waals surface area contributed by atoms with Gasteiger partial charge in [0.25, 0.3) is 0 Å². The van der Waals surface area contributed by atoms with E-state index < -0.39 is 0 Å². The Morgan fingerprint density at radius 2 is 1.25 bits per heavy atom. The molecule has 0 saturated carbocycles. The average Bonchev–Trinajstić information content (AvgIpc) is 3.47. The SMILES string of the molecule is Cc1cc(C)cc(-n2c3ccccc3c3cc(-c4ccc(-c5nc6ccccc6o5)cc4)ccc32)c1. The fourth-order valence-electron chi connectivity index (χ4n) is 5.31. The second-order valence-electron chi connectivity index (χ2n) is 9.49. The van der Waals surface area contributed by atoms with Crippen LogP contribution in [0.25, 0.3) is 61.2 Å². The summed E-state index contributed by atoms with van der Waals surface area (Å²) < 4.78 is 8.33. The van der Waals surface area contributed by atoms with Crippen LogP contribution in [0.4, 0.5) is 0 Å². The Morgan fingerprint density at radius 3 is 2.06 bits per heavy atom. The van der Waals surface area contributed by atoms with Crippen molar-refractivity contribution in [2.24, 2.45) is 0 Å². The molecule has 7 rings (SSSR count). The Labute approximate surface area is 209 Å². The zero-order valence-electron chi connectivity index (χ0n) is 20.2. The zero-order valence-corrected chi connectivity index (χ0v) is 20.2. The molecule has 0 bridgehead atoms. The highest BCUT2D eigenvalue weighted by atomic mass is 16.3. The third kappa shape index (κ3) is 3.32. The first kappa shape index (κ1) is 20.7. The number of benzene rings is 5. The van der Waals surface area contributed by atoms with E-state index in [9.17, 15) is 0 Å². The summed E-state index contributed by atoms with van der Waals surface area (Å²) in [4.78, 5) is 4.63. The molecule has 3 nitrogen and oxygen atoms in total. The van der Waals surface area contributed by atoms with Crippen molar-refractivity contribution in [3.63, 3.8) is 0 Å². The van der Waals surface area contributed by atoms with Gasteiger partial charge in [0.1, 0.15) is 5.52 Å². The molecule has 0 radical (unpaired) electrons. The van der Waals surface area contributed by atoms with Gasteiger partial charge in [-0.2, -0.15) is 0 Å². The van der Waals surface area contributed by atoms with Gasteiger partial charge in [-0.3, -0.25) is 0 Å². The number of fused-ring (bicyclic) bond motifs is 4. The minimum atomic E-state index is 0.648. The molecule has 0 fully saturated rings. The summed E-state index contributed by atoms with van der Waals surface area (Å²) in [6, 6.07) is 38.5. The van der Waals surface area contributed by atoms with E-state index in [1.165, 1.54) is 49.7 Å². The van der Waals surface area contributed by atoms with E-state index in [1.807, 2.05) is 24.3 Å². The fourth-order valence-corrected chi connectivity index (χ4v) is 5.31. The molecule has 36 heavy (non-hydrogen) atoms. The van der Waals surface area contributed by atoms with Gasteiger partial charge >= 0.3 is 0 Å². The van der Waals surface area contributed by atoms with Crippen molar-refractivity contribution in [3.8, 4) is 28.3 Å².